The Morgan fingerprint density at radius 3 is 2.77 bits per heavy atom. The zero-order chi connectivity index (χ0) is 21.7. The van der Waals surface area contributed by atoms with E-state index in [4.69, 9.17) is 18.9 Å². The van der Waals surface area contributed by atoms with E-state index in [-0.39, 0.29) is 18.5 Å². The van der Waals surface area contributed by atoms with Gasteiger partial charge in [-0.2, -0.15) is 5.26 Å². The van der Waals surface area contributed by atoms with Crippen molar-refractivity contribution in [3.8, 4) is 17.6 Å². The van der Waals surface area contributed by atoms with Crippen molar-refractivity contribution in [1.29, 1.82) is 5.26 Å². The van der Waals surface area contributed by atoms with E-state index >= 15 is 0 Å². The molecule has 3 unspecified atom stereocenters. The van der Waals surface area contributed by atoms with Crippen LogP contribution < -0.4 is 9.47 Å². The van der Waals surface area contributed by atoms with Crippen LogP contribution in [0.15, 0.2) is 23.8 Å². The van der Waals surface area contributed by atoms with E-state index in [1.807, 2.05) is 6.07 Å². The molecule has 3 rings (SSSR count). The Kier molecular flexibility index (Phi) is 6.99. The van der Waals surface area contributed by atoms with E-state index < -0.39 is 18.5 Å². The average Bonchev–Trinajstić information content (AvgIpc) is 3.18. The Labute approximate surface area is 176 Å². The molecule has 0 aromatic heterocycles. The molecule has 30 heavy (non-hydrogen) atoms. The fraction of sp³-hybridized carbons (Fsp3) is 0.522. The molecule has 0 saturated heterocycles. The number of hydrogen-bond acceptors (Lipinski definition) is 7. The van der Waals surface area contributed by atoms with Gasteiger partial charge in [-0.05, 0) is 54.4 Å². The lowest BCUT2D eigenvalue weighted by Crippen LogP contribution is -2.36. The minimum Gasteiger partial charge on any atom is -0.460 e. The van der Waals surface area contributed by atoms with Gasteiger partial charge in [-0.25, -0.2) is 9.59 Å². The molecule has 0 N–H and O–H groups in total. The quantitative estimate of drug-likeness (QED) is 0.397. The average molecular weight is 413 g/mol. The number of esters is 2. The predicted molar refractivity (Wildman–Crippen MR) is 108 cm³/mol. The van der Waals surface area contributed by atoms with Gasteiger partial charge in [-0.1, -0.05) is 33.3 Å². The second-order valence-electron chi connectivity index (χ2n) is 8.21. The van der Waals surface area contributed by atoms with Crippen molar-refractivity contribution in [2.45, 2.75) is 46.1 Å². The number of rotatable bonds is 6. The molecule has 1 aromatic carbocycles. The van der Waals surface area contributed by atoms with Crippen LogP contribution in [0.5, 0.6) is 11.5 Å². The zero-order valence-electron chi connectivity index (χ0n) is 17.6. The number of ether oxygens (including phenoxy) is 4. The Morgan fingerprint density at radius 2 is 2.03 bits per heavy atom. The summed E-state index contributed by atoms with van der Waals surface area (Å²) in [6.07, 6.45) is 4.18. The fourth-order valence-corrected chi connectivity index (χ4v) is 3.96. The van der Waals surface area contributed by atoms with Gasteiger partial charge in [0.1, 0.15) is 17.7 Å². The summed E-state index contributed by atoms with van der Waals surface area (Å²) >= 11 is 0. The molecule has 1 aliphatic carbocycles. The molecule has 2 aliphatic rings. The molecule has 7 nitrogen and oxygen atoms in total. The third-order valence-corrected chi connectivity index (χ3v) is 5.61. The molecule has 7 heteroatoms. The molecule has 3 atom stereocenters. The summed E-state index contributed by atoms with van der Waals surface area (Å²) in [5, 5.41) is 9.31. The van der Waals surface area contributed by atoms with Crippen LogP contribution in [0.25, 0.3) is 6.08 Å². The van der Waals surface area contributed by atoms with Crippen molar-refractivity contribution in [3.63, 3.8) is 0 Å². The molecule has 1 heterocycles. The minimum atomic E-state index is -0.871. The highest BCUT2D eigenvalue weighted by atomic mass is 16.7. The maximum absolute atomic E-state index is 12.3. The highest BCUT2D eigenvalue weighted by molar-refractivity contribution is 5.98. The van der Waals surface area contributed by atoms with Crippen molar-refractivity contribution < 1.29 is 28.5 Å². The molecular formula is C23H27NO6. The highest BCUT2D eigenvalue weighted by Crippen LogP contribution is 2.35. The van der Waals surface area contributed by atoms with Crippen LogP contribution >= 0.6 is 0 Å². The standard InChI is InChI=1S/C23H27NO6/c1-14(2)18-6-4-15(3)8-20(18)30-22(25)12-27-23(26)17(11-24)9-16-5-7-19-21(10-16)29-13-28-19/h5,7,9-10,14-15,18,20H,4,6,8,12-13H2,1-3H3. The second-order valence-corrected chi connectivity index (χ2v) is 8.21. The molecular weight excluding hydrogens is 386 g/mol. The normalized spacial score (nSPS) is 23.0. The van der Waals surface area contributed by atoms with E-state index in [1.54, 1.807) is 18.2 Å². The van der Waals surface area contributed by atoms with Gasteiger partial charge in [0.25, 0.3) is 0 Å². The summed E-state index contributed by atoms with van der Waals surface area (Å²) in [5.41, 5.74) is 0.374. The van der Waals surface area contributed by atoms with E-state index in [9.17, 15) is 14.9 Å². The van der Waals surface area contributed by atoms with Crippen molar-refractivity contribution in [3.05, 3.63) is 29.3 Å². The summed E-state index contributed by atoms with van der Waals surface area (Å²) in [4.78, 5) is 24.5. The SMILES string of the molecule is CC1CCC(C(C)C)C(OC(=O)COC(=O)C(C#N)=Cc2ccc3c(c2)OCO3)C1. The Hall–Kier alpha value is -3.01. The Morgan fingerprint density at radius 1 is 1.27 bits per heavy atom. The molecule has 160 valence electrons. The predicted octanol–water partition coefficient (Wildman–Crippen LogP) is 3.87. The molecule has 0 amide bonds. The van der Waals surface area contributed by atoms with E-state index in [0.717, 1.165) is 19.3 Å². The van der Waals surface area contributed by atoms with Crippen LogP contribution in [0.2, 0.25) is 0 Å². The maximum atomic E-state index is 12.3. The molecule has 0 radical (unpaired) electrons. The lowest BCUT2D eigenvalue weighted by Gasteiger charge is -2.36. The summed E-state index contributed by atoms with van der Waals surface area (Å²) in [6, 6.07) is 6.87. The van der Waals surface area contributed by atoms with E-state index in [2.05, 4.69) is 20.8 Å². The first-order chi connectivity index (χ1) is 14.4. The van der Waals surface area contributed by atoms with Crippen LogP contribution in [-0.4, -0.2) is 31.4 Å². The van der Waals surface area contributed by atoms with Crippen LogP contribution in [0.4, 0.5) is 0 Å². The Bertz CT molecular complexity index is 869. The van der Waals surface area contributed by atoms with Crippen LogP contribution in [0.3, 0.4) is 0 Å². The second kappa shape index (κ2) is 9.66. The van der Waals surface area contributed by atoms with E-state index in [0.29, 0.717) is 34.8 Å². The third kappa shape index (κ3) is 5.32. The molecule has 0 spiro atoms. The zero-order valence-corrected chi connectivity index (χ0v) is 17.6. The van der Waals surface area contributed by atoms with Gasteiger partial charge < -0.3 is 18.9 Å². The topological polar surface area (TPSA) is 94.9 Å². The first-order valence-corrected chi connectivity index (χ1v) is 10.3. The molecule has 0 bridgehead atoms. The van der Waals surface area contributed by atoms with Gasteiger partial charge in [0.05, 0.1) is 0 Å². The summed E-state index contributed by atoms with van der Waals surface area (Å²) < 4.78 is 21.2. The van der Waals surface area contributed by atoms with Crippen LogP contribution in [0, 0.1) is 29.1 Å². The van der Waals surface area contributed by atoms with Gasteiger partial charge >= 0.3 is 11.9 Å². The van der Waals surface area contributed by atoms with Crippen molar-refractivity contribution >= 4 is 18.0 Å². The summed E-state index contributed by atoms with van der Waals surface area (Å²) in [5.74, 6) is 0.898. The van der Waals surface area contributed by atoms with Gasteiger partial charge in [-0.15, -0.1) is 0 Å². The first kappa shape index (κ1) is 21.7. The lowest BCUT2D eigenvalue weighted by atomic mass is 9.75. The molecule has 1 aliphatic heterocycles. The molecule has 1 fully saturated rings. The molecule has 1 saturated carbocycles. The maximum Gasteiger partial charge on any atom is 0.349 e. The monoisotopic (exact) mass is 413 g/mol. The van der Waals surface area contributed by atoms with E-state index in [1.165, 1.54) is 6.08 Å². The van der Waals surface area contributed by atoms with Gasteiger partial charge in [-0.3, -0.25) is 0 Å². The summed E-state index contributed by atoms with van der Waals surface area (Å²) in [6.45, 7) is 6.02. The van der Waals surface area contributed by atoms with Crippen molar-refractivity contribution in [1.82, 2.24) is 0 Å². The first-order valence-electron chi connectivity index (χ1n) is 10.3. The number of carbonyl (C=O) groups excluding carboxylic acids is 2. The number of nitrogens with zero attached hydrogens (tertiary/aromatic N) is 1. The number of hydrogen-bond donors (Lipinski definition) is 0. The van der Waals surface area contributed by atoms with Crippen molar-refractivity contribution in [2.24, 2.45) is 17.8 Å². The van der Waals surface area contributed by atoms with Gasteiger partial charge in [0.15, 0.2) is 18.1 Å². The van der Waals surface area contributed by atoms with Gasteiger partial charge in [0.2, 0.25) is 6.79 Å². The molecule has 1 aromatic rings. The van der Waals surface area contributed by atoms with Crippen molar-refractivity contribution in [2.75, 3.05) is 13.4 Å². The highest BCUT2D eigenvalue weighted by Gasteiger charge is 2.33. The smallest absolute Gasteiger partial charge is 0.349 e. The largest absolute Gasteiger partial charge is 0.460 e. The summed E-state index contributed by atoms with van der Waals surface area (Å²) in [7, 11) is 0. The number of benzene rings is 1. The van der Waals surface area contributed by atoms with Crippen LogP contribution in [-0.2, 0) is 19.1 Å². The lowest BCUT2D eigenvalue weighted by molar-refractivity contribution is -0.165. The third-order valence-electron chi connectivity index (χ3n) is 5.61. The minimum absolute atomic E-state index is 0.134. The fourth-order valence-electron chi connectivity index (χ4n) is 3.96. The Balaban J connectivity index is 1.57. The van der Waals surface area contributed by atoms with Gasteiger partial charge in [0, 0.05) is 0 Å². The number of fused-ring (bicyclic) bond motifs is 1. The van der Waals surface area contributed by atoms with Crippen LogP contribution in [0.1, 0.15) is 45.6 Å². The number of nitriles is 1. The number of carbonyl (C=O) groups is 2.